The van der Waals surface area contributed by atoms with E-state index in [-0.39, 0.29) is 11.8 Å². The third-order valence-electron chi connectivity index (χ3n) is 2.27. The summed E-state index contributed by atoms with van der Waals surface area (Å²) in [5.41, 5.74) is 0.109. The second-order valence-corrected chi connectivity index (χ2v) is 4.45. The molecule has 0 aromatic carbocycles. The summed E-state index contributed by atoms with van der Waals surface area (Å²) in [5, 5.41) is 2.60. The molecule has 0 atom stereocenters. The van der Waals surface area contributed by atoms with E-state index in [1.807, 2.05) is 0 Å². The molecule has 0 bridgehead atoms. The highest BCUT2D eigenvalue weighted by molar-refractivity contribution is 9.10. The molecule has 0 aliphatic rings. The van der Waals surface area contributed by atoms with Gasteiger partial charge in [-0.1, -0.05) is 0 Å². The Morgan fingerprint density at radius 1 is 1.55 bits per heavy atom. The molecule has 2 rings (SSSR count). The Hall–Kier alpha value is -2.09. The third kappa shape index (κ3) is 3.27. The number of carbonyl (C=O) groups excluding carboxylic acids is 1. The first kappa shape index (κ1) is 14.3. The molecule has 0 unspecified atom stereocenters. The molecule has 106 valence electrons. The van der Waals surface area contributed by atoms with Crippen molar-refractivity contribution < 1.29 is 18.7 Å². The van der Waals surface area contributed by atoms with Crippen LogP contribution in [0.3, 0.4) is 0 Å². The molecule has 8 heteroatoms. The van der Waals surface area contributed by atoms with Gasteiger partial charge in [0.15, 0.2) is 5.69 Å². The summed E-state index contributed by atoms with van der Waals surface area (Å²) in [7, 11) is 1.53. The van der Waals surface area contributed by atoms with Crippen LogP contribution in [0, 0.1) is 0 Å². The van der Waals surface area contributed by atoms with E-state index in [1.54, 1.807) is 13.0 Å². The van der Waals surface area contributed by atoms with Gasteiger partial charge in [-0.2, -0.15) is 4.98 Å². The fraction of sp³-hybridized carbons (Fsp3) is 0.250. The van der Waals surface area contributed by atoms with Crippen molar-refractivity contribution in [2.24, 2.45) is 0 Å². The van der Waals surface area contributed by atoms with Gasteiger partial charge in [0.1, 0.15) is 17.8 Å². The number of nitrogens with zero attached hydrogens (tertiary/aromatic N) is 2. The number of amides is 1. The van der Waals surface area contributed by atoms with Gasteiger partial charge in [0.25, 0.3) is 5.91 Å². The molecule has 20 heavy (non-hydrogen) atoms. The number of ether oxygens (including phenoxy) is 2. The molecule has 7 nitrogen and oxygen atoms in total. The quantitative estimate of drug-likeness (QED) is 0.898. The maximum Gasteiger partial charge on any atom is 0.394 e. The fourth-order valence-electron chi connectivity index (χ4n) is 1.35. The summed E-state index contributed by atoms with van der Waals surface area (Å²) >= 11 is 3.29. The summed E-state index contributed by atoms with van der Waals surface area (Å²) in [6, 6.07) is 1.69. The van der Waals surface area contributed by atoms with Gasteiger partial charge in [0, 0.05) is 0 Å². The minimum atomic E-state index is -0.446. The van der Waals surface area contributed by atoms with E-state index in [1.165, 1.54) is 19.6 Å². The monoisotopic (exact) mass is 341 g/mol. The van der Waals surface area contributed by atoms with Crippen molar-refractivity contribution in [1.29, 1.82) is 0 Å². The van der Waals surface area contributed by atoms with Crippen LogP contribution in [0.1, 0.15) is 17.4 Å². The van der Waals surface area contributed by atoms with Gasteiger partial charge in [0.05, 0.1) is 24.4 Å². The number of aromatic nitrogens is 2. The highest BCUT2D eigenvalue weighted by Crippen LogP contribution is 2.24. The van der Waals surface area contributed by atoms with E-state index < -0.39 is 5.91 Å². The Bertz CT molecular complexity index is 614. The molecule has 0 spiro atoms. The summed E-state index contributed by atoms with van der Waals surface area (Å²) < 4.78 is 15.6. The lowest BCUT2D eigenvalue weighted by Crippen LogP contribution is -2.13. The second kappa shape index (κ2) is 6.38. The Balaban J connectivity index is 2.10. The van der Waals surface area contributed by atoms with Gasteiger partial charge in [-0.05, 0) is 28.9 Å². The Labute approximate surface area is 123 Å². The summed E-state index contributed by atoms with van der Waals surface area (Å²) in [4.78, 5) is 19.9. The number of methoxy groups -OCH3 is 1. The zero-order valence-corrected chi connectivity index (χ0v) is 12.4. The normalized spacial score (nSPS) is 10.2. The van der Waals surface area contributed by atoms with Crippen molar-refractivity contribution in [3.8, 4) is 11.8 Å². The maximum absolute atomic E-state index is 12.0. The van der Waals surface area contributed by atoms with Gasteiger partial charge in [0.2, 0.25) is 0 Å². The molecule has 0 aliphatic carbocycles. The molecule has 1 amide bonds. The molecule has 0 radical (unpaired) electrons. The van der Waals surface area contributed by atoms with Crippen molar-refractivity contribution in [3.63, 3.8) is 0 Å². The van der Waals surface area contributed by atoms with Crippen molar-refractivity contribution >= 4 is 27.7 Å². The Morgan fingerprint density at radius 2 is 2.35 bits per heavy atom. The number of pyridine rings is 1. The smallest absolute Gasteiger partial charge is 0.394 e. The average molecular weight is 342 g/mol. The van der Waals surface area contributed by atoms with Crippen LogP contribution < -0.4 is 14.8 Å². The first-order chi connectivity index (χ1) is 9.63. The lowest BCUT2D eigenvalue weighted by atomic mass is 10.4. The van der Waals surface area contributed by atoms with E-state index in [0.717, 1.165) is 0 Å². The predicted molar refractivity (Wildman–Crippen MR) is 74.1 cm³/mol. The van der Waals surface area contributed by atoms with Crippen LogP contribution >= 0.6 is 15.9 Å². The SMILES string of the molecule is CCOc1nc(C(=O)Nc2ncc(OC)cc2Br)co1. The number of halogens is 1. The second-order valence-electron chi connectivity index (χ2n) is 3.59. The molecule has 2 aromatic rings. The largest absolute Gasteiger partial charge is 0.495 e. The summed E-state index contributed by atoms with van der Waals surface area (Å²) in [6.45, 7) is 2.20. The first-order valence-electron chi connectivity index (χ1n) is 5.73. The number of anilines is 1. The predicted octanol–water partition coefficient (Wildman–Crippen LogP) is 2.49. The van der Waals surface area contributed by atoms with Gasteiger partial charge in [-0.25, -0.2) is 4.98 Å². The maximum atomic E-state index is 12.0. The Kier molecular flexibility index (Phi) is 4.57. The Morgan fingerprint density at radius 3 is 3.00 bits per heavy atom. The molecule has 2 aromatic heterocycles. The van der Waals surface area contributed by atoms with Crippen LogP contribution in [0.15, 0.2) is 27.4 Å². The number of oxazole rings is 1. The zero-order valence-electron chi connectivity index (χ0n) is 10.8. The van der Waals surface area contributed by atoms with Crippen LogP contribution in [0.4, 0.5) is 5.82 Å². The number of rotatable bonds is 5. The summed E-state index contributed by atoms with van der Waals surface area (Å²) in [5.74, 6) is 0.491. The van der Waals surface area contributed by atoms with Crippen molar-refractivity contribution in [2.75, 3.05) is 19.0 Å². The van der Waals surface area contributed by atoms with Gasteiger partial charge in [-0.3, -0.25) is 4.79 Å². The van der Waals surface area contributed by atoms with Gasteiger partial charge >= 0.3 is 6.08 Å². The average Bonchev–Trinajstić information content (AvgIpc) is 2.90. The molecule has 0 saturated heterocycles. The van der Waals surface area contributed by atoms with Gasteiger partial charge in [-0.15, -0.1) is 0 Å². The van der Waals surface area contributed by atoms with E-state index in [4.69, 9.17) is 13.9 Å². The molecular formula is C12H12BrN3O4. The minimum Gasteiger partial charge on any atom is -0.495 e. The lowest BCUT2D eigenvalue weighted by Gasteiger charge is -2.06. The standard InChI is InChI=1S/C12H12BrN3O4/c1-3-19-12-15-9(6-20-12)11(17)16-10-8(13)4-7(18-2)5-14-10/h4-6H,3H2,1-2H3,(H,14,16,17). The van der Waals surface area contributed by atoms with Crippen molar-refractivity contribution in [3.05, 3.63) is 28.7 Å². The molecule has 1 N–H and O–H groups in total. The van der Waals surface area contributed by atoms with E-state index >= 15 is 0 Å². The third-order valence-corrected chi connectivity index (χ3v) is 2.87. The molecule has 0 saturated carbocycles. The van der Waals surface area contributed by atoms with E-state index in [0.29, 0.717) is 22.6 Å². The number of hydrogen-bond donors (Lipinski definition) is 1. The van der Waals surface area contributed by atoms with Gasteiger partial charge < -0.3 is 19.2 Å². The number of carbonyl (C=O) groups is 1. The van der Waals surface area contributed by atoms with E-state index in [9.17, 15) is 4.79 Å². The topological polar surface area (TPSA) is 86.5 Å². The van der Waals surface area contributed by atoms with E-state index in [2.05, 4.69) is 31.2 Å². The van der Waals surface area contributed by atoms with Crippen LogP contribution in [0.5, 0.6) is 11.8 Å². The van der Waals surface area contributed by atoms with Crippen molar-refractivity contribution in [1.82, 2.24) is 9.97 Å². The van der Waals surface area contributed by atoms with Crippen LogP contribution in [0.2, 0.25) is 0 Å². The number of nitrogens with one attached hydrogen (secondary N) is 1. The zero-order chi connectivity index (χ0) is 14.5. The molecule has 2 heterocycles. The number of hydrogen-bond acceptors (Lipinski definition) is 6. The lowest BCUT2D eigenvalue weighted by molar-refractivity contribution is 0.102. The first-order valence-corrected chi connectivity index (χ1v) is 6.52. The summed E-state index contributed by atoms with van der Waals surface area (Å²) in [6.07, 6.45) is 2.77. The fourth-order valence-corrected chi connectivity index (χ4v) is 1.77. The van der Waals surface area contributed by atoms with Crippen LogP contribution in [-0.4, -0.2) is 29.6 Å². The van der Waals surface area contributed by atoms with Crippen molar-refractivity contribution in [2.45, 2.75) is 6.92 Å². The highest BCUT2D eigenvalue weighted by atomic mass is 79.9. The minimum absolute atomic E-state index is 0.0550. The highest BCUT2D eigenvalue weighted by Gasteiger charge is 2.15. The van der Waals surface area contributed by atoms with Crippen LogP contribution in [0.25, 0.3) is 0 Å². The molecule has 0 aliphatic heterocycles. The molecule has 0 fully saturated rings. The van der Waals surface area contributed by atoms with Crippen LogP contribution in [-0.2, 0) is 0 Å². The molecular weight excluding hydrogens is 330 g/mol.